The molecule has 0 N–H and O–H groups in total. The molecular weight excluding hydrogens is 252 g/mol. The summed E-state index contributed by atoms with van der Waals surface area (Å²) in [4.78, 5) is 27.8. The normalized spacial score (nSPS) is 11.0. The van der Waals surface area contributed by atoms with Gasteiger partial charge in [0.25, 0.3) is 5.56 Å². The Hall–Kier alpha value is -1.69. The summed E-state index contributed by atoms with van der Waals surface area (Å²) in [5, 5.41) is 11.3. The van der Waals surface area contributed by atoms with Crippen LogP contribution in [0, 0.1) is 6.92 Å². The first kappa shape index (κ1) is 12.8. The molecule has 0 aliphatic heterocycles. The summed E-state index contributed by atoms with van der Waals surface area (Å²) >= 11 is 0.992. The lowest BCUT2D eigenvalue weighted by Gasteiger charge is -2.03. The Morgan fingerprint density at radius 2 is 2.28 bits per heavy atom. The molecular formula is C12H13N2O3S-. The van der Waals surface area contributed by atoms with Crippen molar-refractivity contribution < 1.29 is 9.90 Å². The molecule has 0 saturated heterocycles. The highest BCUT2D eigenvalue weighted by molar-refractivity contribution is 7.20. The smallest absolute Gasteiger partial charge is 0.262 e. The van der Waals surface area contributed by atoms with Crippen LogP contribution in [0.1, 0.15) is 35.0 Å². The molecule has 0 saturated carbocycles. The van der Waals surface area contributed by atoms with E-state index in [2.05, 4.69) is 4.98 Å². The molecule has 0 bridgehead atoms. The first-order valence-electron chi connectivity index (χ1n) is 5.76. The average molecular weight is 265 g/mol. The first-order valence-corrected chi connectivity index (χ1v) is 6.57. The van der Waals surface area contributed by atoms with Crippen LogP contribution in [0.25, 0.3) is 10.2 Å². The van der Waals surface area contributed by atoms with E-state index in [1.54, 1.807) is 6.92 Å². The van der Waals surface area contributed by atoms with Gasteiger partial charge in [-0.25, -0.2) is 4.98 Å². The van der Waals surface area contributed by atoms with Crippen molar-refractivity contribution in [3.8, 4) is 0 Å². The van der Waals surface area contributed by atoms with Crippen LogP contribution in [0.15, 0.2) is 11.1 Å². The van der Waals surface area contributed by atoms with E-state index in [-0.39, 0.29) is 10.4 Å². The van der Waals surface area contributed by atoms with Crippen molar-refractivity contribution in [3.05, 3.63) is 27.1 Å². The Morgan fingerprint density at radius 1 is 1.56 bits per heavy atom. The first-order chi connectivity index (χ1) is 8.56. The maximum absolute atomic E-state index is 12.2. The number of aromatic carboxylic acids is 1. The van der Waals surface area contributed by atoms with E-state index in [0.29, 0.717) is 22.3 Å². The molecule has 0 unspecified atom stereocenters. The van der Waals surface area contributed by atoms with Crippen molar-refractivity contribution in [2.24, 2.45) is 0 Å². The fourth-order valence-electron chi connectivity index (χ4n) is 1.84. The topological polar surface area (TPSA) is 75.0 Å². The van der Waals surface area contributed by atoms with Crippen LogP contribution in [-0.2, 0) is 6.54 Å². The van der Waals surface area contributed by atoms with E-state index < -0.39 is 5.97 Å². The standard InChI is InChI=1S/C12H14N2O3S/c1-3-4-5-14-6-13-10-8(11(14)15)7(2)9(18-10)12(16)17/h6H,3-5H2,1-2H3,(H,16,17)/p-1. The van der Waals surface area contributed by atoms with Crippen molar-refractivity contribution in [3.63, 3.8) is 0 Å². The zero-order chi connectivity index (χ0) is 13.3. The Morgan fingerprint density at radius 3 is 2.89 bits per heavy atom. The van der Waals surface area contributed by atoms with Crippen molar-refractivity contribution in [2.45, 2.75) is 33.2 Å². The summed E-state index contributed by atoms with van der Waals surface area (Å²) in [5.41, 5.74) is 0.285. The Balaban J connectivity index is 2.63. The third-order valence-electron chi connectivity index (χ3n) is 2.86. The third-order valence-corrected chi connectivity index (χ3v) is 4.04. The predicted octanol–water partition coefficient (Wildman–Crippen LogP) is 0.930. The van der Waals surface area contributed by atoms with Gasteiger partial charge in [-0.2, -0.15) is 0 Å². The van der Waals surface area contributed by atoms with Crippen LogP contribution in [0.4, 0.5) is 0 Å². The number of nitrogens with zero attached hydrogens (tertiary/aromatic N) is 2. The molecule has 0 fully saturated rings. The summed E-state index contributed by atoms with van der Waals surface area (Å²) in [6, 6.07) is 0. The number of carboxylic acids is 1. The molecule has 96 valence electrons. The summed E-state index contributed by atoms with van der Waals surface area (Å²) < 4.78 is 1.53. The molecule has 5 nitrogen and oxygen atoms in total. The van der Waals surface area contributed by atoms with Gasteiger partial charge >= 0.3 is 0 Å². The number of rotatable bonds is 4. The number of unbranched alkanes of at least 4 members (excludes halogenated alkanes) is 1. The highest BCUT2D eigenvalue weighted by atomic mass is 32.1. The SMILES string of the molecule is CCCCn1cnc2sc(C(=O)[O-])c(C)c2c1=O. The highest BCUT2D eigenvalue weighted by Gasteiger charge is 2.14. The number of aryl methyl sites for hydroxylation is 2. The van der Waals surface area contributed by atoms with Gasteiger partial charge in [-0.1, -0.05) is 13.3 Å². The van der Waals surface area contributed by atoms with Gasteiger partial charge in [0.2, 0.25) is 0 Å². The number of thiophene rings is 1. The van der Waals surface area contributed by atoms with Gasteiger partial charge in [0.05, 0.1) is 22.6 Å². The van der Waals surface area contributed by atoms with Crippen molar-refractivity contribution in [2.75, 3.05) is 0 Å². The number of carbonyl (C=O) groups excluding carboxylic acids is 1. The molecule has 6 heteroatoms. The largest absolute Gasteiger partial charge is 0.544 e. The van der Waals surface area contributed by atoms with Crippen molar-refractivity contribution >= 4 is 27.5 Å². The lowest BCUT2D eigenvalue weighted by Crippen LogP contribution is -2.23. The molecule has 2 heterocycles. The van der Waals surface area contributed by atoms with Crippen LogP contribution in [0.3, 0.4) is 0 Å². The van der Waals surface area contributed by atoms with E-state index in [9.17, 15) is 14.7 Å². The van der Waals surface area contributed by atoms with Crippen LogP contribution >= 0.6 is 11.3 Å². The number of hydrogen-bond acceptors (Lipinski definition) is 5. The molecule has 0 aromatic carbocycles. The Kier molecular flexibility index (Phi) is 3.47. The number of hydrogen-bond donors (Lipinski definition) is 0. The molecule has 2 rings (SSSR count). The van der Waals surface area contributed by atoms with Crippen LogP contribution in [0.5, 0.6) is 0 Å². The molecule has 0 radical (unpaired) electrons. The highest BCUT2D eigenvalue weighted by Crippen LogP contribution is 2.25. The number of carbonyl (C=O) groups is 1. The van der Waals surface area contributed by atoms with Gasteiger partial charge in [-0.15, -0.1) is 11.3 Å². The van der Waals surface area contributed by atoms with Gasteiger partial charge < -0.3 is 9.90 Å². The monoisotopic (exact) mass is 265 g/mol. The van der Waals surface area contributed by atoms with Crippen LogP contribution < -0.4 is 10.7 Å². The van der Waals surface area contributed by atoms with E-state index >= 15 is 0 Å². The average Bonchev–Trinajstić information content (AvgIpc) is 2.67. The molecule has 0 aliphatic carbocycles. The lowest BCUT2D eigenvalue weighted by molar-refractivity contribution is -0.254. The molecule has 0 aliphatic rings. The molecule has 2 aromatic heterocycles. The minimum absolute atomic E-state index is 0.0860. The van der Waals surface area contributed by atoms with Gasteiger partial charge in [0.15, 0.2) is 0 Å². The van der Waals surface area contributed by atoms with Crippen LogP contribution in [0.2, 0.25) is 0 Å². The van der Waals surface area contributed by atoms with E-state index in [1.807, 2.05) is 6.92 Å². The molecule has 18 heavy (non-hydrogen) atoms. The minimum atomic E-state index is -1.25. The van der Waals surface area contributed by atoms with Crippen molar-refractivity contribution in [1.82, 2.24) is 9.55 Å². The summed E-state index contributed by atoms with van der Waals surface area (Å²) in [5.74, 6) is -1.25. The second-order valence-corrected chi connectivity index (χ2v) is 5.12. The van der Waals surface area contributed by atoms with E-state index in [0.717, 1.165) is 24.2 Å². The number of aromatic nitrogens is 2. The van der Waals surface area contributed by atoms with Crippen molar-refractivity contribution in [1.29, 1.82) is 0 Å². The van der Waals surface area contributed by atoms with Gasteiger partial charge in [0, 0.05) is 6.54 Å². The fourth-order valence-corrected chi connectivity index (χ4v) is 2.82. The molecule has 0 spiro atoms. The third kappa shape index (κ3) is 2.03. The Bertz CT molecular complexity index is 657. The van der Waals surface area contributed by atoms with Gasteiger partial charge in [0.1, 0.15) is 4.83 Å². The quantitative estimate of drug-likeness (QED) is 0.824. The fraction of sp³-hybridized carbons (Fsp3) is 0.417. The number of fused-ring (bicyclic) bond motifs is 1. The zero-order valence-electron chi connectivity index (χ0n) is 10.2. The molecule has 2 aromatic rings. The minimum Gasteiger partial charge on any atom is -0.544 e. The summed E-state index contributed by atoms with van der Waals surface area (Å²) in [6.07, 6.45) is 3.36. The summed E-state index contributed by atoms with van der Waals surface area (Å²) in [7, 11) is 0. The van der Waals surface area contributed by atoms with E-state index in [4.69, 9.17) is 0 Å². The maximum atomic E-state index is 12.2. The second kappa shape index (κ2) is 4.89. The van der Waals surface area contributed by atoms with E-state index in [1.165, 1.54) is 10.9 Å². The Labute approximate surface area is 108 Å². The zero-order valence-corrected chi connectivity index (χ0v) is 11.0. The lowest BCUT2D eigenvalue weighted by atomic mass is 10.2. The number of carboxylic acid groups (broad SMARTS) is 1. The predicted molar refractivity (Wildman–Crippen MR) is 67.9 cm³/mol. The molecule has 0 atom stereocenters. The van der Waals surface area contributed by atoms with Gasteiger partial charge in [-0.3, -0.25) is 9.36 Å². The molecule has 0 amide bonds. The second-order valence-electron chi connectivity index (χ2n) is 4.12. The van der Waals surface area contributed by atoms with Gasteiger partial charge in [-0.05, 0) is 18.9 Å². The maximum Gasteiger partial charge on any atom is 0.262 e. The van der Waals surface area contributed by atoms with Crippen LogP contribution in [-0.4, -0.2) is 15.5 Å². The summed E-state index contributed by atoms with van der Waals surface area (Å²) in [6.45, 7) is 4.27.